The predicted molar refractivity (Wildman–Crippen MR) is 98.6 cm³/mol. The highest BCUT2D eigenvalue weighted by Crippen LogP contribution is 2.30. The van der Waals surface area contributed by atoms with Crippen LogP contribution >= 0.6 is 11.8 Å². The highest BCUT2D eigenvalue weighted by molar-refractivity contribution is 8.00. The van der Waals surface area contributed by atoms with Gasteiger partial charge >= 0.3 is 5.97 Å². The number of primary amides is 1. The van der Waals surface area contributed by atoms with Gasteiger partial charge in [-0.15, -0.1) is 11.8 Å². The first-order valence-electron chi connectivity index (χ1n) is 7.89. The Labute approximate surface area is 163 Å². The van der Waals surface area contributed by atoms with Crippen molar-refractivity contribution in [1.29, 1.82) is 0 Å². The summed E-state index contributed by atoms with van der Waals surface area (Å²) in [5.41, 5.74) is 4.89. The molecule has 28 heavy (non-hydrogen) atoms. The maximum absolute atomic E-state index is 12.9. The summed E-state index contributed by atoms with van der Waals surface area (Å²) in [4.78, 5) is 45.9. The Bertz CT molecular complexity index is 932. The number of hydrogen-bond acceptors (Lipinski definition) is 7. The molecule has 2 aromatic rings. The molecule has 8 nitrogen and oxygen atoms in total. The summed E-state index contributed by atoms with van der Waals surface area (Å²) in [6, 6.07) is 8.43. The molecular formula is C18H15FN2O6S. The van der Waals surface area contributed by atoms with E-state index in [9.17, 15) is 28.9 Å². The van der Waals surface area contributed by atoms with Crippen LogP contribution in [0.1, 0.15) is 27.6 Å². The van der Waals surface area contributed by atoms with E-state index in [1.165, 1.54) is 31.2 Å². The smallest absolute Gasteiger partial charge is 0.316 e. The number of nitro benzene ring substituents is 1. The lowest BCUT2D eigenvalue weighted by Crippen LogP contribution is -2.25. The van der Waals surface area contributed by atoms with Crippen LogP contribution in [0.4, 0.5) is 10.1 Å². The van der Waals surface area contributed by atoms with Gasteiger partial charge in [0.05, 0.1) is 15.6 Å². The number of thioether (sulfide) groups is 1. The Morgan fingerprint density at radius 1 is 1.18 bits per heavy atom. The second kappa shape index (κ2) is 9.09. The molecular weight excluding hydrogens is 391 g/mol. The van der Waals surface area contributed by atoms with E-state index in [-0.39, 0.29) is 27.5 Å². The van der Waals surface area contributed by atoms with Crippen LogP contribution in [0.15, 0.2) is 47.4 Å². The first-order valence-corrected chi connectivity index (χ1v) is 8.88. The Balaban J connectivity index is 2.00. The normalized spacial score (nSPS) is 11.5. The van der Waals surface area contributed by atoms with E-state index in [1.54, 1.807) is 0 Å². The minimum Gasteiger partial charge on any atom is -0.454 e. The molecule has 2 rings (SSSR count). The van der Waals surface area contributed by atoms with Crippen LogP contribution in [0.3, 0.4) is 0 Å². The molecule has 146 valence electrons. The fraction of sp³-hybridized carbons (Fsp3) is 0.167. The number of nitro groups is 1. The Morgan fingerprint density at radius 3 is 2.36 bits per heavy atom. The van der Waals surface area contributed by atoms with Crippen molar-refractivity contribution in [3.8, 4) is 0 Å². The maximum atomic E-state index is 12.9. The SMILES string of the molecule is C[C@@H](OC(=O)CSc1ccc(C(N)=O)cc1[N+](=O)[O-])C(=O)c1ccc(F)cc1. The van der Waals surface area contributed by atoms with Crippen LogP contribution in [0.25, 0.3) is 0 Å². The highest BCUT2D eigenvalue weighted by Gasteiger charge is 2.22. The number of benzene rings is 2. The summed E-state index contributed by atoms with van der Waals surface area (Å²) in [6.45, 7) is 1.37. The molecule has 0 aliphatic rings. The average Bonchev–Trinajstić information content (AvgIpc) is 2.66. The molecule has 0 aliphatic carbocycles. The summed E-state index contributed by atoms with van der Waals surface area (Å²) in [6.07, 6.45) is -1.11. The Hall–Kier alpha value is -3.27. The molecule has 0 bridgehead atoms. The summed E-state index contributed by atoms with van der Waals surface area (Å²) < 4.78 is 17.9. The summed E-state index contributed by atoms with van der Waals surface area (Å²) in [5.74, 6) is -2.87. The number of esters is 1. The first-order chi connectivity index (χ1) is 13.2. The van der Waals surface area contributed by atoms with E-state index < -0.39 is 34.5 Å². The largest absolute Gasteiger partial charge is 0.454 e. The second-order valence-electron chi connectivity index (χ2n) is 5.60. The van der Waals surface area contributed by atoms with Crippen LogP contribution in [0, 0.1) is 15.9 Å². The average molecular weight is 406 g/mol. The van der Waals surface area contributed by atoms with Gasteiger partial charge in [0.25, 0.3) is 5.69 Å². The van der Waals surface area contributed by atoms with Gasteiger partial charge in [-0.1, -0.05) is 0 Å². The number of hydrogen-bond donors (Lipinski definition) is 1. The van der Waals surface area contributed by atoms with Crippen molar-refractivity contribution in [2.24, 2.45) is 5.73 Å². The van der Waals surface area contributed by atoms with Crippen molar-refractivity contribution >= 4 is 35.1 Å². The highest BCUT2D eigenvalue weighted by atomic mass is 32.2. The molecule has 0 unspecified atom stereocenters. The van der Waals surface area contributed by atoms with Gasteiger partial charge in [-0.05, 0) is 43.3 Å². The number of nitrogens with zero attached hydrogens (tertiary/aromatic N) is 1. The third-order valence-corrected chi connectivity index (χ3v) is 4.63. The van der Waals surface area contributed by atoms with E-state index >= 15 is 0 Å². The second-order valence-corrected chi connectivity index (χ2v) is 6.61. The van der Waals surface area contributed by atoms with E-state index in [0.717, 1.165) is 30.0 Å². The summed E-state index contributed by atoms with van der Waals surface area (Å²) >= 11 is 0.826. The lowest BCUT2D eigenvalue weighted by Gasteiger charge is -2.12. The van der Waals surface area contributed by atoms with Crippen molar-refractivity contribution in [3.05, 3.63) is 69.5 Å². The molecule has 0 saturated heterocycles. The van der Waals surface area contributed by atoms with Crippen molar-refractivity contribution in [2.45, 2.75) is 17.9 Å². The van der Waals surface area contributed by atoms with Crippen LogP contribution in [-0.2, 0) is 9.53 Å². The molecule has 0 fully saturated rings. The number of carbonyl (C=O) groups excluding carboxylic acids is 3. The zero-order valence-corrected chi connectivity index (χ0v) is 15.4. The molecule has 0 heterocycles. The molecule has 10 heteroatoms. The van der Waals surface area contributed by atoms with Crippen molar-refractivity contribution in [2.75, 3.05) is 5.75 Å². The molecule has 0 saturated carbocycles. The fourth-order valence-corrected chi connectivity index (χ4v) is 2.99. The van der Waals surface area contributed by atoms with Crippen LogP contribution in [-0.4, -0.2) is 34.4 Å². The van der Waals surface area contributed by atoms with E-state index in [0.29, 0.717) is 0 Å². The molecule has 0 spiro atoms. The van der Waals surface area contributed by atoms with E-state index in [4.69, 9.17) is 10.5 Å². The van der Waals surface area contributed by atoms with E-state index in [1.807, 2.05) is 0 Å². The lowest BCUT2D eigenvalue weighted by molar-refractivity contribution is -0.387. The summed E-state index contributed by atoms with van der Waals surface area (Å²) in [7, 11) is 0. The Morgan fingerprint density at radius 2 is 1.79 bits per heavy atom. The number of amides is 1. The Kier molecular flexibility index (Phi) is 6.83. The number of halogens is 1. The molecule has 2 aromatic carbocycles. The van der Waals surface area contributed by atoms with Crippen LogP contribution in [0.2, 0.25) is 0 Å². The molecule has 0 aliphatic heterocycles. The van der Waals surface area contributed by atoms with Crippen LogP contribution < -0.4 is 5.73 Å². The third-order valence-electron chi connectivity index (χ3n) is 3.59. The van der Waals surface area contributed by atoms with Gasteiger partial charge < -0.3 is 10.5 Å². The monoisotopic (exact) mass is 406 g/mol. The predicted octanol–water partition coefficient (Wildman–Crippen LogP) is 2.74. The van der Waals surface area contributed by atoms with Gasteiger partial charge in [-0.2, -0.15) is 0 Å². The molecule has 0 radical (unpaired) electrons. The molecule has 2 N–H and O–H groups in total. The van der Waals surface area contributed by atoms with Crippen molar-refractivity contribution < 1.29 is 28.4 Å². The van der Waals surface area contributed by atoms with Gasteiger partial charge in [0, 0.05) is 17.2 Å². The van der Waals surface area contributed by atoms with E-state index in [2.05, 4.69) is 0 Å². The van der Waals surface area contributed by atoms with Crippen LogP contribution in [0.5, 0.6) is 0 Å². The maximum Gasteiger partial charge on any atom is 0.316 e. The van der Waals surface area contributed by atoms with Gasteiger partial charge in [0.15, 0.2) is 6.10 Å². The van der Waals surface area contributed by atoms with Crippen molar-refractivity contribution in [3.63, 3.8) is 0 Å². The number of Topliss-reactive ketones (excluding diaryl/α,β-unsaturated/α-hetero) is 1. The number of ketones is 1. The quantitative estimate of drug-likeness (QED) is 0.234. The third kappa shape index (κ3) is 5.36. The standard InChI is InChI=1S/C18H15FN2O6S/c1-10(17(23)11-2-5-13(19)6-3-11)27-16(22)9-28-15-7-4-12(18(20)24)8-14(15)21(25)26/h2-8,10H,9H2,1H3,(H2,20,24)/t10-/m1/s1. The molecule has 1 atom stereocenters. The number of ether oxygens (including phenoxy) is 1. The number of rotatable bonds is 8. The molecule has 1 amide bonds. The fourth-order valence-electron chi connectivity index (χ4n) is 2.21. The zero-order valence-electron chi connectivity index (χ0n) is 14.6. The number of nitrogens with two attached hydrogens (primary N) is 1. The topological polar surface area (TPSA) is 130 Å². The summed E-state index contributed by atoms with van der Waals surface area (Å²) in [5, 5.41) is 11.1. The first kappa shape index (κ1) is 21.0. The minimum absolute atomic E-state index is 0.0304. The lowest BCUT2D eigenvalue weighted by atomic mass is 10.1. The zero-order chi connectivity index (χ0) is 20.8. The molecule has 0 aromatic heterocycles. The van der Waals surface area contributed by atoms with Crippen molar-refractivity contribution in [1.82, 2.24) is 0 Å². The van der Waals surface area contributed by atoms with Gasteiger partial charge in [-0.3, -0.25) is 24.5 Å². The minimum atomic E-state index is -1.11. The number of carbonyl (C=O) groups is 3. The van der Waals surface area contributed by atoms with Gasteiger partial charge in [0.1, 0.15) is 5.82 Å². The van der Waals surface area contributed by atoms with Gasteiger partial charge in [0.2, 0.25) is 11.7 Å². The van der Waals surface area contributed by atoms with Gasteiger partial charge in [-0.25, -0.2) is 4.39 Å².